The number of nitrogens with zero attached hydrogens (tertiary/aromatic N) is 3. The predicted molar refractivity (Wildman–Crippen MR) is 95.2 cm³/mol. The number of aliphatic hydroxyl groups excluding tert-OH is 1. The van der Waals surface area contributed by atoms with Gasteiger partial charge in [-0.05, 0) is 25.0 Å². The van der Waals surface area contributed by atoms with E-state index in [9.17, 15) is 9.90 Å². The van der Waals surface area contributed by atoms with Gasteiger partial charge in [0.1, 0.15) is 10.7 Å². The molecule has 1 aromatic carbocycles. The van der Waals surface area contributed by atoms with Gasteiger partial charge >= 0.3 is 0 Å². The molecule has 6 heteroatoms. The maximum Gasteiger partial charge on any atom is 0.273 e. The molecule has 0 saturated carbocycles. The van der Waals surface area contributed by atoms with Crippen LogP contribution in [-0.2, 0) is 7.05 Å². The number of hydrogen-bond donors (Lipinski definition) is 1. The molecule has 0 unspecified atom stereocenters. The van der Waals surface area contributed by atoms with Crippen molar-refractivity contribution in [3.63, 3.8) is 0 Å². The van der Waals surface area contributed by atoms with E-state index >= 15 is 0 Å². The lowest BCUT2D eigenvalue weighted by atomic mass is 10.1. The monoisotopic (exact) mass is 341 g/mol. The van der Waals surface area contributed by atoms with E-state index in [1.165, 1.54) is 16.7 Å². The Morgan fingerprint density at radius 3 is 2.79 bits per heavy atom. The summed E-state index contributed by atoms with van der Waals surface area (Å²) in [6.45, 7) is 1.20. The van der Waals surface area contributed by atoms with Gasteiger partial charge < -0.3 is 14.6 Å². The molecular weight excluding hydrogens is 322 g/mol. The number of carbonyl (C=O) groups is 1. The molecule has 4 rings (SSSR count). The Kier molecular flexibility index (Phi) is 3.86. The lowest BCUT2D eigenvalue weighted by Gasteiger charge is -2.28. The molecule has 0 spiro atoms. The third-order valence-corrected chi connectivity index (χ3v) is 5.51. The van der Waals surface area contributed by atoms with Crippen molar-refractivity contribution in [3.8, 4) is 10.7 Å². The highest BCUT2D eigenvalue weighted by molar-refractivity contribution is 7.13. The molecule has 1 N–H and O–H groups in total. The van der Waals surface area contributed by atoms with E-state index < -0.39 is 0 Å². The quantitative estimate of drug-likeness (QED) is 0.780. The highest BCUT2D eigenvalue weighted by Gasteiger charge is 2.24. The maximum absolute atomic E-state index is 12.6. The van der Waals surface area contributed by atoms with Gasteiger partial charge in [-0.1, -0.05) is 18.2 Å². The number of aryl methyl sites for hydroxylation is 1. The van der Waals surface area contributed by atoms with Crippen LogP contribution in [0.3, 0.4) is 0 Å². The van der Waals surface area contributed by atoms with Crippen LogP contribution >= 0.6 is 11.3 Å². The summed E-state index contributed by atoms with van der Waals surface area (Å²) in [7, 11) is 2.02. The highest BCUT2D eigenvalue weighted by Crippen LogP contribution is 2.30. The number of benzene rings is 1. The molecule has 3 heterocycles. The Morgan fingerprint density at radius 1 is 1.29 bits per heavy atom. The van der Waals surface area contributed by atoms with Gasteiger partial charge in [-0.25, -0.2) is 4.98 Å². The first-order chi connectivity index (χ1) is 11.6. The molecular formula is C18H19N3O2S. The number of fused-ring (bicyclic) bond motifs is 1. The average molecular weight is 341 g/mol. The van der Waals surface area contributed by atoms with Crippen molar-refractivity contribution in [2.45, 2.75) is 18.9 Å². The zero-order valence-corrected chi connectivity index (χ0v) is 14.3. The molecule has 0 atom stereocenters. The second-order valence-electron chi connectivity index (χ2n) is 6.21. The minimum atomic E-state index is -0.282. The highest BCUT2D eigenvalue weighted by atomic mass is 32.1. The summed E-state index contributed by atoms with van der Waals surface area (Å²) in [4.78, 5) is 18.9. The molecule has 0 bridgehead atoms. The first kappa shape index (κ1) is 15.4. The van der Waals surface area contributed by atoms with Crippen LogP contribution in [0.4, 0.5) is 0 Å². The summed E-state index contributed by atoms with van der Waals surface area (Å²) in [5.41, 5.74) is 2.67. The summed E-state index contributed by atoms with van der Waals surface area (Å²) in [5, 5.41) is 13.4. The molecule has 124 valence electrons. The second kappa shape index (κ2) is 6.03. The zero-order valence-electron chi connectivity index (χ0n) is 13.5. The molecule has 1 fully saturated rings. The number of piperidine rings is 1. The van der Waals surface area contributed by atoms with Crippen molar-refractivity contribution in [2.24, 2.45) is 7.05 Å². The second-order valence-corrected chi connectivity index (χ2v) is 7.07. The molecule has 1 aliphatic heterocycles. The van der Waals surface area contributed by atoms with Crippen LogP contribution < -0.4 is 0 Å². The third kappa shape index (κ3) is 2.61. The summed E-state index contributed by atoms with van der Waals surface area (Å²) < 4.78 is 2.11. The predicted octanol–water partition coefficient (Wildman–Crippen LogP) is 2.90. The molecule has 0 radical (unpaired) electrons. The Balaban J connectivity index is 1.62. The van der Waals surface area contributed by atoms with Gasteiger partial charge in [0.15, 0.2) is 0 Å². The van der Waals surface area contributed by atoms with E-state index in [-0.39, 0.29) is 12.0 Å². The average Bonchev–Trinajstić information content (AvgIpc) is 3.20. The number of rotatable bonds is 2. The largest absolute Gasteiger partial charge is 0.393 e. The van der Waals surface area contributed by atoms with Crippen molar-refractivity contribution in [2.75, 3.05) is 13.1 Å². The van der Waals surface area contributed by atoms with Crippen LogP contribution in [0.1, 0.15) is 23.3 Å². The molecule has 0 aliphatic carbocycles. The summed E-state index contributed by atoms with van der Waals surface area (Å²) in [6.07, 6.45) is 1.01. The fourth-order valence-corrected chi connectivity index (χ4v) is 4.06. The van der Waals surface area contributed by atoms with E-state index in [0.29, 0.717) is 31.6 Å². The minimum Gasteiger partial charge on any atom is -0.393 e. The van der Waals surface area contributed by atoms with Gasteiger partial charge in [-0.3, -0.25) is 4.79 Å². The van der Waals surface area contributed by atoms with Crippen molar-refractivity contribution in [1.82, 2.24) is 14.5 Å². The van der Waals surface area contributed by atoms with Gasteiger partial charge in [0, 0.05) is 36.4 Å². The maximum atomic E-state index is 12.6. The van der Waals surface area contributed by atoms with Crippen LogP contribution in [0, 0.1) is 0 Å². The lowest BCUT2D eigenvalue weighted by molar-refractivity contribution is 0.0542. The third-order valence-electron chi connectivity index (χ3n) is 4.65. The van der Waals surface area contributed by atoms with Gasteiger partial charge in [-0.15, -0.1) is 11.3 Å². The van der Waals surface area contributed by atoms with E-state index in [4.69, 9.17) is 0 Å². The van der Waals surface area contributed by atoms with Crippen molar-refractivity contribution in [1.29, 1.82) is 0 Å². The van der Waals surface area contributed by atoms with E-state index in [2.05, 4.69) is 27.8 Å². The lowest BCUT2D eigenvalue weighted by Crippen LogP contribution is -2.40. The summed E-state index contributed by atoms with van der Waals surface area (Å²) >= 11 is 1.50. The number of aromatic nitrogens is 2. The number of aliphatic hydroxyl groups is 1. The van der Waals surface area contributed by atoms with Crippen LogP contribution in [0.15, 0.2) is 35.7 Å². The van der Waals surface area contributed by atoms with Crippen molar-refractivity contribution < 1.29 is 9.90 Å². The Morgan fingerprint density at radius 2 is 2.04 bits per heavy atom. The van der Waals surface area contributed by atoms with Crippen molar-refractivity contribution >= 4 is 28.1 Å². The van der Waals surface area contributed by atoms with E-state index in [1.54, 1.807) is 4.90 Å². The number of likely N-dealkylation sites (tertiary alicyclic amines) is 1. The Labute approximate surface area is 144 Å². The van der Waals surface area contributed by atoms with Crippen LogP contribution in [-0.4, -0.2) is 44.7 Å². The number of para-hydroxylation sites is 1. The van der Waals surface area contributed by atoms with Gasteiger partial charge in [-0.2, -0.15) is 0 Å². The summed E-state index contributed by atoms with van der Waals surface area (Å²) in [5.74, 6) is -0.0387. The fraction of sp³-hybridized carbons (Fsp3) is 0.333. The molecule has 5 nitrogen and oxygen atoms in total. The van der Waals surface area contributed by atoms with Gasteiger partial charge in [0.25, 0.3) is 5.91 Å². The molecule has 3 aromatic rings. The Hall–Kier alpha value is -2.18. The topological polar surface area (TPSA) is 58.4 Å². The smallest absolute Gasteiger partial charge is 0.273 e. The molecule has 1 aliphatic rings. The fourth-order valence-electron chi connectivity index (χ4n) is 3.21. The molecule has 1 saturated heterocycles. The Bertz CT molecular complexity index is 891. The molecule has 24 heavy (non-hydrogen) atoms. The van der Waals surface area contributed by atoms with Crippen LogP contribution in [0.25, 0.3) is 21.6 Å². The van der Waals surface area contributed by atoms with E-state index in [1.807, 2.05) is 24.6 Å². The minimum absolute atomic E-state index is 0.0387. The number of hydrogen-bond acceptors (Lipinski definition) is 4. The summed E-state index contributed by atoms with van der Waals surface area (Å²) in [6, 6.07) is 10.3. The first-order valence-electron chi connectivity index (χ1n) is 8.11. The van der Waals surface area contributed by atoms with Gasteiger partial charge in [0.2, 0.25) is 0 Å². The number of carbonyl (C=O) groups excluding carboxylic acids is 1. The molecule has 1 amide bonds. The van der Waals surface area contributed by atoms with Crippen molar-refractivity contribution in [3.05, 3.63) is 41.4 Å². The number of thiazole rings is 1. The standard InChI is InChI=1S/C18H19N3O2S/c1-20-15-5-3-2-4-12(15)10-16(20)17-19-14(11-24-17)18(23)21-8-6-13(22)7-9-21/h2-5,10-11,13,22H,6-9H2,1H3. The van der Waals surface area contributed by atoms with Gasteiger partial charge in [0.05, 0.1) is 11.8 Å². The van der Waals surface area contributed by atoms with E-state index in [0.717, 1.165) is 16.2 Å². The zero-order chi connectivity index (χ0) is 16.7. The first-order valence-corrected chi connectivity index (χ1v) is 8.99. The van der Waals surface area contributed by atoms with Crippen LogP contribution in [0.5, 0.6) is 0 Å². The van der Waals surface area contributed by atoms with Crippen LogP contribution in [0.2, 0.25) is 0 Å². The molecule has 2 aromatic heterocycles. The SMILES string of the molecule is Cn1c(-c2nc(C(=O)N3CCC(O)CC3)cs2)cc2ccccc21. The normalized spacial score (nSPS) is 16.0. The number of amides is 1.